The molecule has 1 aliphatic heterocycles. The Morgan fingerprint density at radius 3 is 2.90 bits per heavy atom. The normalized spacial score (nSPS) is 16.3. The lowest BCUT2D eigenvalue weighted by atomic mass is 10.2. The van der Waals surface area contributed by atoms with Crippen molar-refractivity contribution in [3.8, 4) is 5.75 Å². The molecule has 3 aromatic rings. The Hall–Kier alpha value is -2.15. The summed E-state index contributed by atoms with van der Waals surface area (Å²) in [6, 6.07) is 11.5. The number of aromatic nitrogens is 1. The third-order valence-corrected chi connectivity index (χ3v) is 6.27. The molecule has 0 aliphatic carbocycles. The summed E-state index contributed by atoms with van der Waals surface area (Å²) < 4.78 is 12.5. The van der Waals surface area contributed by atoms with Gasteiger partial charge in [0.1, 0.15) is 5.75 Å². The van der Waals surface area contributed by atoms with Crippen molar-refractivity contribution in [2.45, 2.75) is 32.8 Å². The Morgan fingerprint density at radius 2 is 2.14 bits per heavy atom. The maximum atomic E-state index is 13.1. The van der Waals surface area contributed by atoms with E-state index in [0.717, 1.165) is 40.8 Å². The molecular formula is C22H23ClN2O3S. The van der Waals surface area contributed by atoms with Crippen LogP contribution in [0.25, 0.3) is 10.2 Å². The SMILES string of the molecule is Cc1ccccc1OCC(=O)N(CC1CCCO1)c1nc2c(C)cc(Cl)cc2s1. The number of aryl methyl sites for hydroxylation is 2. The van der Waals surface area contributed by atoms with Crippen LogP contribution in [-0.4, -0.2) is 36.8 Å². The summed E-state index contributed by atoms with van der Waals surface area (Å²) in [5.74, 6) is 0.580. The Labute approximate surface area is 179 Å². The molecule has 1 aromatic heterocycles. The van der Waals surface area contributed by atoms with E-state index in [0.29, 0.717) is 22.4 Å². The molecule has 2 aromatic carbocycles. The molecule has 29 heavy (non-hydrogen) atoms. The summed E-state index contributed by atoms with van der Waals surface area (Å²) in [6.45, 7) is 5.10. The van der Waals surface area contributed by atoms with Crippen molar-refractivity contribution in [1.82, 2.24) is 4.98 Å². The van der Waals surface area contributed by atoms with E-state index < -0.39 is 0 Å². The molecule has 1 unspecified atom stereocenters. The molecule has 0 saturated carbocycles. The van der Waals surface area contributed by atoms with Gasteiger partial charge in [-0.3, -0.25) is 9.69 Å². The second-order valence-electron chi connectivity index (χ2n) is 7.26. The zero-order chi connectivity index (χ0) is 20.4. The first kappa shape index (κ1) is 20.1. The van der Waals surface area contributed by atoms with Crippen molar-refractivity contribution in [2.24, 2.45) is 0 Å². The number of amides is 1. The maximum Gasteiger partial charge on any atom is 0.266 e. The van der Waals surface area contributed by atoms with Crippen LogP contribution in [-0.2, 0) is 9.53 Å². The van der Waals surface area contributed by atoms with Crippen molar-refractivity contribution in [3.05, 3.63) is 52.5 Å². The number of ether oxygens (including phenoxy) is 2. The number of fused-ring (bicyclic) bond motifs is 1. The lowest BCUT2D eigenvalue weighted by Gasteiger charge is -2.23. The number of hydrogen-bond donors (Lipinski definition) is 0. The molecule has 0 bridgehead atoms. The van der Waals surface area contributed by atoms with Gasteiger partial charge in [-0.2, -0.15) is 0 Å². The van der Waals surface area contributed by atoms with Crippen molar-refractivity contribution in [3.63, 3.8) is 0 Å². The summed E-state index contributed by atoms with van der Waals surface area (Å²) in [4.78, 5) is 19.6. The fourth-order valence-corrected chi connectivity index (χ4v) is 4.92. The highest BCUT2D eigenvalue weighted by molar-refractivity contribution is 7.22. The van der Waals surface area contributed by atoms with Crippen LogP contribution in [0.1, 0.15) is 24.0 Å². The lowest BCUT2D eigenvalue weighted by Crippen LogP contribution is -2.40. The van der Waals surface area contributed by atoms with Crippen molar-refractivity contribution >= 4 is 44.2 Å². The van der Waals surface area contributed by atoms with E-state index in [2.05, 4.69) is 0 Å². The van der Waals surface area contributed by atoms with Gasteiger partial charge in [0.05, 0.1) is 22.9 Å². The van der Waals surface area contributed by atoms with Crippen molar-refractivity contribution < 1.29 is 14.3 Å². The molecule has 1 saturated heterocycles. The first-order valence-electron chi connectivity index (χ1n) is 9.68. The smallest absolute Gasteiger partial charge is 0.266 e. The van der Waals surface area contributed by atoms with Gasteiger partial charge in [0.2, 0.25) is 0 Å². The highest BCUT2D eigenvalue weighted by Gasteiger charge is 2.27. The third kappa shape index (κ3) is 4.55. The minimum atomic E-state index is -0.133. The standard InChI is InChI=1S/C22H23ClN2O3S/c1-14-6-3-4-8-18(14)28-13-20(26)25(12-17-7-5-9-27-17)22-24-21-15(2)10-16(23)11-19(21)29-22/h3-4,6,8,10-11,17H,5,7,9,12-13H2,1-2H3. The van der Waals surface area contributed by atoms with E-state index >= 15 is 0 Å². The predicted molar refractivity (Wildman–Crippen MR) is 117 cm³/mol. The van der Waals surface area contributed by atoms with Crippen LogP contribution in [0.4, 0.5) is 5.13 Å². The van der Waals surface area contributed by atoms with Crippen LogP contribution in [0.3, 0.4) is 0 Å². The molecular weight excluding hydrogens is 408 g/mol. The summed E-state index contributed by atoms with van der Waals surface area (Å²) in [7, 11) is 0. The number of thiazole rings is 1. The topological polar surface area (TPSA) is 51.7 Å². The molecule has 152 valence electrons. The van der Waals surface area contributed by atoms with Gasteiger partial charge >= 0.3 is 0 Å². The summed E-state index contributed by atoms with van der Waals surface area (Å²) in [6.07, 6.45) is 1.98. The number of nitrogens with zero attached hydrogens (tertiary/aromatic N) is 2. The van der Waals surface area contributed by atoms with Gasteiger partial charge in [0.15, 0.2) is 11.7 Å². The number of benzene rings is 2. The maximum absolute atomic E-state index is 13.1. The number of hydrogen-bond acceptors (Lipinski definition) is 5. The molecule has 2 heterocycles. The van der Waals surface area contributed by atoms with Gasteiger partial charge in [0, 0.05) is 11.6 Å². The number of carbonyl (C=O) groups excluding carboxylic acids is 1. The van der Waals surface area contributed by atoms with E-state index in [1.165, 1.54) is 11.3 Å². The Kier molecular flexibility index (Phi) is 6.04. The third-order valence-electron chi connectivity index (χ3n) is 5.03. The first-order chi connectivity index (χ1) is 14.0. The van der Waals surface area contributed by atoms with Gasteiger partial charge in [-0.05, 0) is 56.0 Å². The Morgan fingerprint density at radius 1 is 1.31 bits per heavy atom. The number of anilines is 1. The summed E-state index contributed by atoms with van der Waals surface area (Å²) >= 11 is 7.67. The van der Waals surface area contributed by atoms with Crippen LogP contribution < -0.4 is 9.64 Å². The zero-order valence-electron chi connectivity index (χ0n) is 16.5. The fraction of sp³-hybridized carbons (Fsp3) is 0.364. The molecule has 7 heteroatoms. The van der Waals surface area contributed by atoms with Crippen LogP contribution >= 0.6 is 22.9 Å². The van der Waals surface area contributed by atoms with E-state index in [9.17, 15) is 4.79 Å². The van der Waals surface area contributed by atoms with Gasteiger partial charge in [0.25, 0.3) is 5.91 Å². The highest BCUT2D eigenvalue weighted by Crippen LogP contribution is 2.33. The molecule has 1 amide bonds. The second kappa shape index (κ2) is 8.69. The minimum absolute atomic E-state index is 0.0223. The highest BCUT2D eigenvalue weighted by atomic mass is 35.5. The molecule has 0 radical (unpaired) electrons. The fourth-order valence-electron chi connectivity index (χ4n) is 3.47. The Balaban J connectivity index is 1.59. The quantitative estimate of drug-likeness (QED) is 0.542. The molecule has 4 rings (SSSR count). The van der Waals surface area contributed by atoms with Gasteiger partial charge in [-0.15, -0.1) is 0 Å². The Bertz CT molecular complexity index is 1030. The molecule has 0 N–H and O–H groups in total. The second-order valence-corrected chi connectivity index (χ2v) is 8.70. The van der Waals surface area contributed by atoms with Gasteiger partial charge < -0.3 is 9.47 Å². The van der Waals surface area contributed by atoms with Crippen LogP contribution in [0, 0.1) is 13.8 Å². The van der Waals surface area contributed by atoms with Crippen LogP contribution in [0.15, 0.2) is 36.4 Å². The summed E-state index contributed by atoms with van der Waals surface area (Å²) in [5, 5.41) is 1.32. The minimum Gasteiger partial charge on any atom is -0.483 e. The van der Waals surface area contributed by atoms with Crippen molar-refractivity contribution in [1.29, 1.82) is 0 Å². The summed E-state index contributed by atoms with van der Waals surface area (Å²) in [5.41, 5.74) is 2.87. The number of carbonyl (C=O) groups is 1. The zero-order valence-corrected chi connectivity index (χ0v) is 18.1. The average Bonchev–Trinajstić information content (AvgIpc) is 3.34. The van der Waals surface area contributed by atoms with E-state index in [4.69, 9.17) is 26.1 Å². The van der Waals surface area contributed by atoms with Gasteiger partial charge in [-0.25, -0.2) is 4.98 Å². The molecule has 1 fully saturated rings. The molecule has 5 nitrogen and oxygen atoms in total. The van der Waals surface area contributed by atoms with E-state index in [1.807, 2.05) is 50.2 Å². The number of rotatable bonds is 6. The number of halogens is 1. The van der Waals surface area contributed by atoms with Gasteiger partial charge in [-0.1, -0.05) is 41.1 Å². The predicted octanol–water partition coefficient (Wildman–Crippen LogP) is 5.16. The lowest BCUT2D eigenvalue weighted by molar-refractivity contribution is -0.120. The molecule has 1 atom stereocenters. The molecule has 1 aliphatic rings. The number of para-hydroxylation sites is 1. The van der Waals surface area contributed by atoms with Crippen LogP contribution in [0.5, 0.6) is 5.75 Å². The van der Waals surface area contributed by atoms with E-state index in [-0.39, 0.29) is 18.6 Å². The van der Waals surface area contributed by atoms with E-state index in [1.54, 1.807) is 4.90 Å². The average molecular weight is 431 g/mol. The monoisotopic (exact) mass is 430 g/mol. The molecule has 0 spiro atoms. The first-order valence-corrected chi connectivity index (χ1v) is 10.9. The van der Waals surface area contributed by atoms with Crippen LogP contribution in [0.2, 0.25) is 5.02 Å². The largest absolute Gasteiger partial charge is 0.483 e. The van der Waals surface area contributed by atoms with Crippen molar-refractivity contribution in [2.75, 3.05) is 24.7 Å².